The minimum absolute atomic E-state index is 0.104. The monoisotopic (exact) mass is 322 g/mol. The van der Waals surface area contributed by atoms with Crippen LogP contribution < -0.4 is 4.74 Å². The van der Waals surface area contributed by atoms with Gasteiger partial charge in [0.15, 0.2) is 5.69 Å². The van der Waals surface area contributed by atoms with Crippen LogP contribution in [0.4, 0.5) is 0 Å². The molecule has 98 valence electrons. The van der Waals surface area contributed by atoms with Crippen molar-refractivity contribution in [1.82, 2.24) is 9.97 Å². The van der Waals surface area contributed by atoms with E-state index >= 15 is 0 Å². The lowest BCUT2D eigenvalue weighted by atomic mass is 10.2. The summed E-state index contributed by atoms with van der Waals surface area (Å²) in [6, 6.07) is 5.65. The van der Waals surface area contributed by atoms with Crippen molar-refractivity contribution in [3.8, 4) is 11.6 Å². The molecule has 6 heteroatoms. The lowest BCUT2D eigenvalue weighted by Gasteiger charge is -2.08. The molecule has 0 radical (unpaired) electrons. The maximum atomic E-state index is 11.4. The molecule has 0 aliphatic heterocycles. The molecule has 0 spiro atoms. The van der Waals surface area contributed by atoms with Crippen LogP contribution in [0, 0.1) is 6.92 Å². The number of nitrogens with zero attached hydrogens (tertiary/aromatic N) is 2. The third-order valence-corrected chi connectivity index (χ3v) is 2.86. The van der Waals surface area contributed by atoms with Gasteiger partial charge in [-0.25, -0.2) is 9.78 Å². The first-order valence-electron chi connectivity index (χ1n) is 5.44. The number of ether oxygens (including phenoxy) is 2. The number of rotatable bonds is 3. The lowest BCUT2D eigenvalue weighted by Crippen LogP contribution is -2.05. The normalized spacial score (nSPS) is 10.1. The van der Waals surface area contributed by atoms with E-state index in [1.165, 1.54) is 19.5 Å². The van der Waals surface area contributed by atoms with E-state index in [9.17, 15) is 4.79 Å². The Labute approximate surface area is 118 Å². The number of hydrogen-bond donors (Lipinski definition) is 0. The topological polar surface area (TPSA) is 61.3 Å². The van der Waals surface area contributed by atoms with Gasteiger partial charge in [0.1, 0.15) is 5.75 Å². The Morgan fingerprint density at radius 3 is 2.84 bits per heavy atom. The van der Waals surface area contributed by atoms with Crippen molar-refractivity contribution in [2.75, 3.05) is 7.11 Å². The molecule has 19 heavy (non-hydrogen) atoms. The summed E-state index contributed by atoms with van der Waals surface area (Å²) in [6.45, 7) is 1.92. The van der Waals surface area contributed by atoms with Gasteiger partial charge in [-0.1, -0.05) is 22.0 Å². The molecule has 0 atom stereocenters. The average molecular weight is 323 g/mol. The number of carbonyl (C=O) groups is 1. The zero-order valence-electron chi connectivity index (χ0n) is 10.4. The van der Waals surface area contributed by atoms with Crippen molar-refractivity contribution >= 4 is 21.9 Å². The molecule has 0 amide bonds. The highest BCUT2D eigenvalue weighted by Gasteiger charge is 2.10. The van der Waals surface area contributed by atoms with E-state index in [4.69, 9.17) is 4.74 Å². The van der Waals surface area contributed by atoms with Crippen LogP contribution in [0.25, 0.3) is 0 Å². The van der Waals surface area contributed by atoms with E-state index in [0.717, 1.165) is 10.0 Å². The molecule has 1 aromatic heterocycles. The number of aromatic nitrogens is 2. The zero-order valence-corrected chi connectivity index (χ0v) is 12.0. The van der Waals surface area contributed by atoms with Crippen LogP contribution in [0.2, 0.25) is 0 Å². The number of esters is 1. The first-order chi connectivity index (χ1) is 9.10. The molecule has 0 aliphatic carbocycles. The van der Waals surface area contributed by atoms with Gasteiger partial charge < -0.3 is 9.47 Å². The third-order valence-electron chi connectivity index (χ3n) is 2.37. The van der Waals surface area contributed by atoms with Gasteiger partial charge in [-0.3, -0.25) is 4.98 Å². The third kappa shape index (κ3) is 3.29. The van der Waals surface area contributed by atoms with Crippen LogP contribution in [0.3, 0.4) is 0 Å². The van der Waals surface area contributed by atoms with Gasteiger partial charge in [-0.2, -0.15) is 0 Å². The van der Waals surface area contributed by atoms with Gasteiger partial charge in [0.2, 0.25) is 5.88 Å². The van der Waals surface area contributed by atoms with Crippen LogP contribution >= 0.6 is 15.9 Å². The molecular formula is C13H11BrN2O3. The molecular weight excluding hydrogens is 312 g/mol. The Balaban J connectivity index is 2.28. The van der Waals surface area contributed by atoms with Gasteiger partial charge in [0, 0.05) is 4.47 Å². The predicted molar refractivity (Wildman–Crippen MR) is 72.3 cm³/mol. The van der Waals surface area contributed by atoms with Crippen molar-refractivity contribution in [2.24, 2.45) is 0 Å². The molecule has 0 bridgehead atoms. The summed E-state index contributed by atoms with van der Waals surface area (Å²) >= 11 is 3.37. The van der Waals surface area contributed by atoms with E-state index in [0.29, 0.717) is 5.75 Å². The van der Waals surface area contributed by atoms with Crippen molar-refractivity contribution < 1.29 is 14.3 Å². The summed E-state index contributed by atoms with van der Waals surface area (Å²) in [6.07, 6.45) is 2.76. The number of halogens is 1. The fraction of sp³-hybridized carbons (Fsp3) is 0.154. The van der Waals surface area contributed by atoms with E-state index in [1.807, 2.05) is 25.1 Å². The molecule has 5 nitrogen and oxygen atoms in total. The van der Waals surface area contributed by atoms with Crippen LogP contribution in [0.5, 0.6) is 11.6 Å². The Hall–Kier alpha value is -1.95. The highest BCUT2D eigenvalue weighted by molar-refractivity contribution is 9.10. The first kappa shape index (κ1) is 13.5. The fourth-order valence-electron chi connectivity index (χ4n) is 1.40. The van der Waals surface area contributed by atoms with Crippen molar-refractivity contribution in [2.45, 2.75) is 6.92 Å². The summed E-state index contributed by atoms with van der Waals surface area (Å²) in [7, 11) is 1.29. The minimum Gasteiger partial charge on any atom is -0.464 e. The van der Waals surface area contributed by atoms with Gasteiger partial charge >= 0.3 is 5.97 Å². The second-order valence-electron chi connectivity index (χ2n) is 3.75. The van der Waals surface area contributed by atoms with Gasteiger partial charge in [-0.15, -0.1) is 0 Å². The van der Waals surface area contributed by atoms with Crippen molar-refractivity contribution in [1.29, 1.82) is 0 Å². The first-order valence-corrected chi connectivity index (χ1v) is 6.24. The molecule has 0 saturated heterocycles. The fourth-order valence-corrected chi connectivity index (χ4v) is 1.74. The molecule has 0 aliphatic rings. The smallest absolute Gasteiger partial charge is 0.358 e. The molecule has 0 fully saturated rings. The Bertz CT molecular complexity index is 617. The van der Waals surface area contributed by atoms with E-state index in [2.05, 4.69) is 30.6 Å². The number of aryl methyl sites for hydroxylation is 1. The van der Waals surface area contributed by atoms with Crippen LogP contribution in [-0.4, -0.2) is 23.0 Å². The van der Waals surface area contributed by atoms with Crippen molar-refractivity contribution in [3.63, 3.8) is 0 Å². The van der Waals surface area contributed by atoms with E-state index < -0.39 is 5.97 Å². The summed E-state index contributed by atoms with van der Waals surface area (Å²) in [5.41, 5.74) is 1.06. The number of benzene rings is 1. The van der Waals surface area contributed by atoms with Gasteiger partial charge in [0.05, 0.1) is 19.5 Å². The SMILES string of the molecule is COC(=O)c1cncc(Oc2cc(Br)ccc2C)n1. The number of carbonyl (C=O) groups excluding carboxylic acids is 1. The molecule has 2 rings (SSSR count). The predicted octanol–water partition coefficient (Wildman–Crippen LogP) is 3.13. The summed E-state index contributed by atoms with van der Waals surface area (Å²) in [5, 5.41) is 0. The molecule has 2 aromatic rings. The number of hydrogen-bond acceptors (Lipinski definition) is 5. The standard InChI is InChI=1S/C13H11BrN2O3/c1-8-3-4-9(14)5-11(8)19-12-7-15-6-10(16-12)13(17)18-2/h3-7H,1-2H3. The zero-order chi connectivity index (χ0) is 13.8. The summed E-state index contributed by atoms with van der Waals surface area (Å²) in [4.78, 5) is 19.3. The van der Waals surface area contributed by atoms with Crippen LogP contribution in [0.15, 0.2) is 35.1 Å². The van der Waals surface area contributed by atoms with Gasteiger partial charge in [-0.05, 0) is 24.6 Å². The van der Waals surface area contributed by atoms with E-state index in [1.54, 1.807) is 0 Å². The highest BCUT2D eigenvalue weighted by Crippen LogP contribution is 2.26. The molecule has 0 N–H and O–H groups in total. The Kier molecular flexibility index (Phi) is 4.11. The molecule has 1 heterocycles. The molecule has 0 unspecified atom stereocenters. The van der Waals surface area contributed by atoms with Crippen molar-refractivity contribution in [3.05, 3.63) is 46.3 Å². The summed E-state index contributed by atoms with van der Waals surface area (Å²) in [5.74, 6) is 0.332. The maximum absolute atomic E-state index is 11.4. The maximum Gasteiger partial charge on any atom is 0.358 e. The van der Waals surface area contributed by atoms with Crippen LogP contribution in [-0.2, 0) is 4.74 Å². The second-order valence-corrected chi connectivity index (χ2v) is 4.66. The molecule has 0 saturated carbocycles. The number of methoxy groups -OCH3 is 1. The molecule has 1 aromatic carbocycles. The summed E-state index contributed by atoms with van der Waals surface area (Å²) < 4.78 is 11.1. The minimum atomic E-state index is -0.552. The Morgan fingerprint density at radius 2 is 2.11 bits per heavy atom. The lowest BCUT2D eigenvalue weighted by molar-refractivity contribution is 0.0592. The highest BCUT2D eigenvalue weighted by atomic mass is 79.9. The van der Waals surface area contributed by atoms with E-state index in [-0.39, 0.29) is 11.6 Å². The van der Waals surface area contributed by atoms with Crippen LogP contribution in [0.1, 0.15) is 16.1 Å². The average Bonchev–Trinajstić information content (AvgIpc) is 2.42. The second kappa shape index (κ2) is 5.79. The quantitative estimate of drug-likeness (QED) is 0.812. The van der Waals surface area contributed by atoms with Gasteiger partial charge in [0.25, 0.3) is 0 Å². The Morgan fingerprint density at radius 1 is 1.32 bits per heavy atom. The largest absolute Gasteiger partial charge is 0.464 e.